The first-order valence-electron chi connectivity index (χ1n) is 10.0. The molecule has 3 aliphatic rings. The lowest BCUT2D eigenvalue weighted by atomic mass is 9.71. The van der Waals surface area contributed by atoms with Crippen molar-refractivity contribution in [2.45, 2.75) is 70.4 Å². The molecule has 4 rings (SSSR count). The molecule has 1 aliphatic carbocycles. The zero-order valence-corrected chi connectivity index (χ0v) is 14.9. The Hall–Kier alpha value is -1.22. The van der Waals surface area contributed by atoms with Gasteiger partial charge in [-0.05, 0) is 56.2 Å². The monoisotopic (exact) mass is 329 g/mol. The molecule has 0 amide bonds. The molecule has 132 valence electrons. The fourth-order valence-electron chi connectivity index (χ4n) is 4.96. The summed E-state index contributed by atoms with van der Waals surface area (Å²) in [5, 5.41) is 3.91. The standard InChI is InChI=1S/C21H31NO2/c1-2-12-23-16-10-11-19-18(14-16)21-17(9-6-13-24-21)20(22-19)15-7-4-3-5-8-15/h10-11,14-15,17,20-22H,2-9,12-13H2,1H3/t17-,20+,21-/m0/s1. The van der Waals surface area contributed by atoms with Crippen molar-refractivity contribution < 1.29 is 9.47 Å². The molecule has 24 heavy (non-hydrogen) atoms. The van der Waals surface area contributed by atoms with Crippen LogP contribution < -0.4 is 10.1 Å². The van der Waals surface area contributed by atoms with Crippen LogP contribution in [-0.4, -0.2) is 19.3 Å². The number of fused-ring (bicyclic) bond motifs is 3. The van der Waals surface area contributed by atoms with Gasteiger partial charge in [-0.15, -0.1) is 0 Å². The summed E-state index contributed by atoms with van der Waals surface area (Å²) in [6.07, 6.45) is 10.8. The van der Waals surface area contributed by atoms with Gasteiger partial charge in [0.15, 0.2) is 0 Å². The Balaban J connectivity index is 1.61. The lowest BCUT2D eigenvalue weighted by Crippen LogP contribution is -2.46. The Kier molecular flexibility index (Phi) is 4.98. The molecule has 2 aliphatic heterocycles. The average molecular weight is 329 g/mol. The lowest BCUT2D eigenvalue weighted by molar-refractivity contribution is -0.0459. The molecule has 0 bridgehead atoms. The van der Waals surface area contributed by atoms with E-state index in [1.165, 1.54) is 56.2 Å². The summed E-state index contributed by atoms with van der Waals surface area (Å²) >= 11 is 0. The quantitative estimate of drug-likeness (QED) is 0.811. The van der Waals surface area contributed by atoms with Crippen LogP contribution in [0.2, 0.25) is 0 Å². The maximum Gasteiger partial charge on any atom is 0.119 e. The van der Waals surface area contributed by atoms with Crippen LogP contribution in [0.5, 0.6) is 5.75 Å². The molecule has 0 unspecified atom stereocenters. The van der Waals surface area contributed by atoms with Gasteiger partial charge in [0.2, 0.25) is 0 Å². The molecule has 1 aromatic carbocycles. The number of rotatable bonds is 4. The van der Waals surface area contributed by atoms with Crippen molar-refractivity contribution in [3.8, 4) is 5.75 Å². The molecule has 1 N–H and O–H groups in total. The molecule has 2 fully saturated rings. The van der Waals surface area contributed by atoms with Crippen molar-refractivity contribution in [1.29, 1.82) is 0 Å². The van der Waals surface area contributed by atoms with Crippen molar-refractivity contribution >= 4 is 5.69 Å². The van der Waals surface area contributed by atoms with Crippen LogP contribution in [0.25, 0.3) is 0 Å². The van der Waals surface area contributed by atoms with Gasteiger partial charge in [0.1, 0.15) is 5.75 Å². The van der Waals surface area contributed by atoms with Gasteiger partial charge in [-0.25, -0.2) is 0 Å². The van der Waals surface area contributed by atoms with E-state index in [-0.39, 0.29) is 6.10 Å². The van der Waals surface area contributed by atoms with E-state index >= 15 is 0 Å². The third-order valence-corrected chi connectivity index (χ3v) is 6.11. The maximum absolute atomic E-state index is 6.29. The predicted octanol–water partition coefficient (Wildman–Crippen LogP) is 5.32. The van der Waals surface area contributed by atoms with Crippen molar-refractivity contribution in [3.05, 3.63) is 23.8 Å². The van der Waals surface area contributed by atoms with Crippen LogP contribution in [0.15, 0.2) is 18.2 Å². The second kappa shape index (κ2) is 7.35. The molecule has 1 aromatic rings. The summed E-state index contributed by atoms with van der Waals surface area (Å²) in [7, 11) is 0. The number of anilines is 1. The maximum atomic E-state index is 6.29. The molecule has 1 saturated heterocycles. The van der Waals surface area contributed by atoms with Crippen LogP contribution in [0.1, 0.15) is 70.0 Å². The zero-order valence-electron chi connectivity index (χ0n) is 14.9. The molecular formula is C21H31NO2. The van der Waals surface area contributed by atoms with Gasteiger partial charge in [0.05, 0.1) is 12.7 Å². The van der Waals surface area contributed by atoms with E-state index in [0.717, 1.165) is 31.3 Å². The van der Waals surface area contributed by atoms with E-state index in [9.17, 15) is 0 Å². The van der Waals surface area contributed by atoms with Crippen LogP contribution in [0.3, 0.4) is 0 Å². The molecule has 1 saturated carbocycles. The second-order valence-electron chi connectivity index (χ2n) is 7.76. The topological polar surface area (TPSA) is 30.5 Å². The largest absolute Gasteiger partial charge is 0.494 e. The Labute approximate surface area is 146 Å². The zero-order chi connectivity index (χ0) is 16.4. The van der Waals surface area contributed by atoms with Crippen LogP contribution in [-0.2, 0) is 4.74 Å². The number of benzene rings is 1. The van der Waals surface area contributed by atoms with Crippen molar-refractivity contribution in [2.75, 3.05) is 18.5 Å². The minimum atomic E-state index is 0.257. The third kappa shape index (κ3) is 3.15. The first-order chi connectivity index (χ1) is 11.9. The van der Waals surface area contributed by atoms with Gasteiger partial charge < -0.3 is 14.8 Å². The Bertz CT molecular complexity index is 553. The number of ether oxygens (including phenoxy) is 2. The van der Waals surface area contributed by atoms with E-state index in [0.29, 0.717) is 12.0 Å². The molecule has 2 heterocycles. The van der Waals surface area contributed by atoms with Gasteiger partial charge >= 0.3 is 0 Å². The van der Waals surface area contributed by atoms with Gasteiger partial charge in [-0.2, -0.15) is 0 Å². The fraction of sp³-hybridized carbons (Fsp3) is 0.714. The molecule has 0 spiro atoms. The molecule has 3 nitrogen and oxygen atoms in total. The van der Waals surface area contributed by atoms with E-state index in [1.54, 1.807) is 0 Å². The molecule has 0 radical (unpaired) electrons. The third-order valence-electron chi connectivity index (χ3n) is 6.11. The van der Waals surface area contributed by atoms with E-state index in [4.69, 9.17) is 9.47 Å². The molecular weight excluding hydrogens is 298 g/mol. The second-order valence-corrected chi connectivity index (χ2v) is 7.76. The summed E-state index contributed by atoms with van der Waals surface area (Å²) in [5.74, 6) is 2.43. The predicted molar refractivity (Wildman–Crippen MR) is 97.6 cm³/mol. The number of hydrogen-bond acceptors (Lipinski definition) is 3. The van der Waals surface area contributed by atoms with Crippen molar-refractivity contribution in [3.63, 3.8) is 0 Å². The molecule has 3 atom stereocenters. The highest BCUT2D eigenvalue weighted by atomic mass is 16.5. The fourth-order valence-corrected chi connectivity index (χ4v) is 4.96. The average Bonchev–Trinajstić information content (AvgIpc) is 2.66. The van der Waals surface area contributed by atoms with E-state index in [2.05, 4.69) is 30.4 Å². The van der Waals surface area contributed by atoms with Gasteiger partial charge in [-0.3, -0.25) is 0 Å². The smallest absolute Gasteiger partial charge is 0.119 e. The summed E-state index contributed by atoms with van der Waals surface area (Å²) in [4.78, 5) is 0. The molecule has 3 heteroatoms. The normalized spacial score (nSPS) is 30.1. The number of nitrogens with one attached hydrogen (secondary N) is 1. The summed E-state index contributed by atoms with van der Waals surface area (Å²) in [6.45, 7) is 3.83. The minimum Gasteiger partial charge on any atom is -0.494 e. The highest BCUT2D eigenvalue weighted by molar-refractivity contribution is 5.58. The Morgan fingerprint density at radius 1 is 1.12 bits per heavy atom. The van der Waals surface area contributed by atoms with Gasteiger partial charge in [0.25, 0.3) is 0 Å². The van der Waals surface area contributed by atoms with Crippen LogP contribution in [0.4, 0.5) is 5.69 Å². The number of hydrogen-bond donors (Lipinski definition) is 1. The first-order valence-corrected chi connectivity index (χ1v) is 10.0. The first kappa shape index (κ1) is 16.3. The summed E-state index contributed by atoms with van der Waals surface area (Å²) in [6, 6.07) is 7.14. The van der Waals surface area contributed by atoms with Crippen LogP contribution >= 0.6 is 0 Å². The highest BCUT2D eigenvalue weighted by Crippen LogP contribution is 2.48. The minimum absolute atomic E-state index is 0.257. The van der Waals surface area contributed by atoms with Crippen molar-refractivity contribution in [2.24, 2.45) is 11.8 Å². The Morgan fingerprint density at radius 2 is 2.00 bits per heavy atom. The Morgan fingerprint density at radius 3 is 2.83 bits per heavy atom. The summed E-state index contributed by atoms with van der Waals surface area (Å²) in [5.41, 5.74) is 2.60. The van der Waals surface area contributed by atoms with E-state index < -0.39 is 0 Å². The highest BCUT2D eigenvalue weighted by Gasteiger charge is 2.42. The van der Waals surface area contributed by atoms with E-state index in [1.807, 2.05) is 0 Å². The lowest BCUT2D eigenvalue weighted by Gasteiger charge is -2.47. The van der Waals surface area contributed by atoms with Gasteiger partial charge in [0, 0.05) is 29.8 Å². The SMILES string of the molecule is CCCOc1ccc2c(c1)[C@H]1OCCC[C@H]1[C@@H](C1CCCCC1)N2. The summed E-state index contributed by atoms with van der Waals surface area (Å²) < 4.78 is 12.2. The molecule has 0 aromatic heterocycles. The van der Waals surface area contributed by atoms with Crippen LogP contribution in [0, 0.1) is 11.8 Å². The van der Waals surface area contributed by atoms with Gasteiger partial charge in [-0.1, -0.05) is 26.2 Å². The van der Waals surface area contributed by atoms with Crippen molar-refractivity contribution in [1.82, 2.24) is 0 Å².